The van der Waals surface area contributed by atoms with E-state index in [0.29, 0.717) is 19.3 Å². The van der Waals surface area contributed by atoms with E-state index in [1.165, 1.54) is 225 Å². The standard InChI is InChI=1S/C68H122O6/c1-4-7-10-13-16-19-22-25-27-29-31-33-34-35-37-38-40-43-46-49-52-55-58-61-67(70)73-64-65(63-72-66(69)60-57-54-51-48-45-42-24-21-18-15-12-9-6-3)74-68(71)62-59-56-53-50-47-44-41-39-36-32-30-28-26-23-20-17-14-11-8-5-2/h9,12,18,21,29,31,42,45,51,54,65H,4-8,10-11,13-17,19-20,22-28,30,32-41,43-44,46-50,52-53,55-64H2,1-3H3/b12-9-,21-18-,31-29-,45-42-,54-51-. The highest BCUT2D eigenvalue weighted by Crippen LogP contribution is 2.17. The fourth-order valence-corrected chi connectivity index (χ4v) is 9.45. The van der Waals surface area contributed by atoms with Crippen molar-refractivity contribution in [1.82, 2.24) is 0 Å². The lowest BCUT2D eigenvalue weighted by atomic mass is 10.0. The molecule has 0 spiro atoms. The van der Waals surface area contributed by atoms with Gasteiger partial charge in [-0.1, -0.05) is 306 Å². The summed E-state index contributed by atoms with van der Waals surface area (Å²) in [6, 6.07) is 0. The third-order valence-corrected chi connectivity index (χ3v) is 14.3. The lowest BCUT2D eigenvalue weighted by Crippen LogP contribution is -2.30. The number of hydrogen-bond donors (Lipinski definition) is 0. The third-order valence-electron chi connectivity index (χ3n) is 14.3. The lowest BCUT2D eigenvalue weighted by Gasteiger charge is -2.18. The van der Waals surface area contributed by atoms with Crippen LogP contribution in [0.3, 0.4) is 0 Å². The monoisotopic (exact) mass is 1030 g/mol. The summed E-state index contributed by atoms with van der Waals surface area (Å²) in [6.45, 7) is 6.51. The van der Waals surface area contributed by atoms with Crippen LogP contribution in [-0.4, -0.2) is 37.2 Å². The second kappa shape index (κ2) is 62.6. The average Bonchev–Trinajstić information content (AvgIpc) is 3.40. The fourth-order valence-electron chi connectivity index (χ4n) is 9.45. The zero-order valence-electron chi connectivity index (χ0n) is 49.4. The molecule has 1 unspecified atom stereocenters. The molecule has 0 aliphatic carbocycles. The minimum absolute atomic E-state index is 0.0932. The molecule has 430 valence electrons. The molecule has 0 bridgehead atoms. The highest BCUT2D eigenvalue weighted by molar-refractivity contribution is 5.71. The Hall–Kier alpha value is -2.89. The number of ether oxygens (including phenoxy) is 3. The number of allylic oxidation sites excluding steroid dienone is 10. The molecule has 0 heterocycles. The van der Waals surface area contributed by atoms with E-state index < -0.39 is 6.10 Å². The lowest BCUT2D eigenvalue weighted by molar-refractivity contribution is -0.166. The van der Waals surface area contributed by atoms with E-state index in [1.807, 2.05) is 6.08 Å². The highest BCUT2D eigenvalue weighted by atomic mass is 16.6. The number of carbonyl (C=O) groups excluding carboxylic acids is 3. The van der Waals surface area contributed by atoms with Crippen molar-refractivity contribution in [3.8, 4) is 0 Å². The van der Waals surface area contributed by atoms with Gasteiger partial charge in [0.25, 0.3) is 0 Å². The van der Waals surface area contributed by atoms with Crippen molar-refractivity contribution >= 4 is 17.9 Å². The molecule has 0 rings (SSSR count). The van der Waals surface area contributed by atoms with E-state index in [1.54, 1.807) is 0 Å². The first-order valence-electron chi connectivity index (χ1n) is 32.3. The van der Waals surface area contributed by atoms with Crippen LogP contribution in [0, 0.1) is 0 Å². The molecule has 0 saturated carbocycles. The first kappa shape index (κ1) is 71.1. The van der Waals surface area contributed by atoms with Gasteiger partial charge in [-0.05, 0) is 70.6 Å². The van der Waals surface area contributed by atoms with E-state index in [9.17, 15) is 14.4 Å². The Bertz CT molecular complexity index is 1330. The molecule has 0 N–H and O–H groups in total. The van der Waals surface area contributed by atoms with Gasteiger partial charge < -0.3 is 14.2 Å². The van der Waals surface area contributed by atoms with Crippen LogP contribution in [-0.2, 0) is 28.6 Å². The van der Waals surface area contributed by atoms with Crippen molar-refractivity contribution in [2.75, 3.05) is 13.2 Å². The molecule has 0 aromatic heterocycles. The molecule has 0 saturated heterocycles. The first-order valence-corrected chi connectivity index (χ1v) is 32.3. The second-order valence-corrected chi connectivity index (χ2v) is 21.6. The molecular weight excluding hydrogens is 913 g/mol. The van der Waals surface area contributed by atoms with E-state index in [0.717, 1.165) is 64.2 Å². The maximum atomic E-state index is 12.9. The Labute approximate surface area is 460 Å². The summed E-state index contributed by atoms with van der Waals surface area (Å²) in [5.74, 6) is -0.960. The predicted molar refractivity (Wildman–Crippen MR) is 321 cm³/mol. The van der Waals surface area contributed by atoms with Crippen LogP contribution in [0.25, 0.3) is 0 Å². The maximum Gasteiger partial charge on any atom is 0.306 e. The summed E-state index contributed by atoms with van der Waals surface area (Å²) in [7, 11) is 0. The van der Waals surface area contributed by atoms with Gasteiger partial charge in [0, 0.05) is 19.3 Å². The van der Waals surface area contributed by atoms with Crippen molar-refractivity contribution < 1.29 is 28.6 Å². The number of esters is 3. The normalized spacial score (nSPS) is 12.4. The van der Waals surface area contributed by atoms with Gasteiger partial charge in [0.1, 0.15) is 13.2 Å². The van der Waals surface area contributed by atoms with Gasteiger partial charge in [0.2, 0.25) is 0 Å². The molecule has 0 radical (unpaired) electrons. The number of hydrogen-bond acceptors (Lipinski definition) is 6. The molecule has 0 aliphatic rings. The zero-order chi connectivity index (χ0) is 53.6. The summed E-state index contributed by atoms with van der Waals surface area (Å²) in [5, 5.41) is 0. The molecule has 0 aliphatic heterocycles. The van der Waals surface area contributed by atoms with Gasteiger partial charge in [-0.25, -0.2) is 0 Å². The minimum atomic E-state index is -0.802. The van der Waals surface area contributed by atoms with Gasteiger partial charge in [-0.3, -0.25) is 14.4 Å². The fraction of sp³-hybridized carbons (Fsp3) is 0.809. The van der Waals surface area contributed by atoms with Crippen LogP contribution >= 0.6 is 0 Å². The van der Waals surface area contributed by atoms with Crippen molar-refractivity contribution in [2.24, 2.45) is 0 Å². The van der Waals surface area contributed by atoms with Crippen molar-refractivity contribution in [3.63, 3.8) is 0 Å². The third kappa shape index (κ3) is 60.0. The quantitative estimate of drug-likeness (QED) is 0.0261. The van der Waals surface area contributed by atoms with Crippen molar-refractivity contribution in [2.45, 2.75) is 341 Å². The maximum absolute atomic E-state index is 12.9. The molecule has 0 fully saturated rings. The Balaban J connectivity index is 4.31. The van der Waals surface area contributed by atoms with E-state index in [2.05, 4.69) is 75.5 Å². The molecule has 0 amide bonds. The molecule has 74 heavy (non-hydrogen) atoms. The average molecular weight is 1040 g/mol. The van der Waals surface area contributed by atoms with Crippen LogP contribution in [0.1, 0.15) is 335 Å². The van der Waals surface area contributed by atoms with E-state index >= 15 is 0 Å². The van der Waals surface area contributed by atoms with Gasteiger partial charge in [-0.2, -0.15) is 0 Å². The highest BCUT2D eigenvalue weighted by Gasteiger charge is 2.19. The smallest absolute Gasteiger partial charge is 0.306 e. The molecular formula is C68H122O6. The molecule has 6 heteroatoms. The molecule has 6 nitrogen and oxygen atoms in total. The van der Waals surface area contributed by atoms with Gasteiger partial charge in [0.05, 0.1) is 0 Å². The number of carbonyl (C=O) groups is 3. The summed E-state index contributed by atoms with van der Waals surface area (Å²) in [5.41, 5.74) is 0. The zero-order valence-corrected chi connectivity index (χ0v) is 49.4. The van der Waals surface area contributed by atoms with Crippen LogP contribution in [0.4, 0.5) is 0 Å². The summed E-state index contributed by atoms with van der Waals surface area (Å²) in [4.78, 5) is 38.2. The SMILES string of the molecule is CC/C=C\C/C=C\C/C=C\C/C=C\CCC(=O)OCC(COC(=O)CCCCCCCCCCCCC/C=C\CCCCCCCCCC)OC(=O)CCCCCCCCCCCCCCCCCCCCCC. The second-order valence-electron chi connectivity index (χ2n) is 21.6. The predicted octanol–water partition coefficient (Wildman–Crippen LogP) is 21.9. The van der Waals surface area contributed by atoms with Crippen LogP contribution in [0.15, 0.2) is 60.8 Å². The summed E-state index contributed by atoms with van der Waals surface area (Å²) >= 11 is 0. The molecule has 1 atom stereocenters. The van der Waals surface area contributed by atoms with Crippen LogP contribution < -0.4 is 0 Å². The van der Waals surface area contributed by atoms with Crippen molar-refractivity contribution in [3.05, 3.63) is 60.8 Å². The van der Waals surface area contributed by atoms with Crippen LogP contribution in [0.2, 0.25) is 0 Å². The van der Waals surface area contributed by atoms with E-state index in [4.69, 9.17) is 14.2 Å². The molecule has 0 aromatic carbocycles. The van der Waals surface area contributed by atoms with Crippen LogP contribution in [0.5, 0.6) is 0 Å². The Morgan fingerprint density at radius 1 is 0.284 bits per heavy atom. The molecule has 0 aromatic rings. The Kier molecular flexibility index (Phi) is 60.2. The minimum Gasteiger partial charge on any atom is -0.462 e. The largest absolute Gasteiger partial charge is 0.462 e. The van der Waals surface area contributed by atoms with Crippen molar-refractivity contribution in [1.29, 1.82) is 0 Å². The Morgan fingerprint density at radius 2 is 0.554 bits per heavy atom. The number of rotatable bonds is 59. The summed E-state index contributed by atoms with van der Waals surface area (Å²) in [6.07, 6.45) is 79.7. The summed E-state index contributed by atoms with van der Waals surface area (Å²) < 4.78 is 16.9. The first-order chi connectivity index (χ1) is 36.5. The topological polar surface area (TPSA) is 78.9 Å². The number of unbranched alkanes of at least 4 members (excludes halogenated alkanes) is 38. The Morgan fingerprint density at radius 3 is 0.905 bits per heavy atom. The van der Waals surface area contributed by atoms with Gasteiger partial charge in [0.15, 0.2) is 6.10 Å². The van der Waals surface area contributed by atoms with Gasteiger partial charge in [-0.15, -0.1) is 0 Å². The van der Waals surface area contributed by atoms with E-state index in [-0.39, 0.29) is 37.5 Å². The van der Waals surface area contributed by atoms with Gasteiger partial charge >= 0.3 is 17.9 Å².